The summed E-state index contributed by atoms with van der Waals surface area (Å²) in [6, 6.07) is 13.2. The topological polar surface area (TPSA) is 65.5 Å². The van der Waals surface area contributed by atoms with Crippen molar-refractivity contribution in [2.45, 2.75) is 0 Å². The monoisotopic (exact) mass is 358 g/mol. The fourth-order valence-corrected chi connectivity index (χ4v) is 2.90. The van der Waals surface area contributed by atoms with Gasteiger partial charge in [-0.1, -0.05) is 29.8 Å². The Morgan fingerprint density at radius 1 is 1.08 bits per heavy atom. The van der Waals surface area contributed by atoms with Crippen LogP contribution in [0.25, 0.3) is 0 Å². The Bertz CT molecular complexity index is 746. The van der Waals surface area contributed by atoms with Crippen LogP contribution in [0.4, 0.5) is 5.69 Å². The molecule has 0 radical (unpaired) electrons. The summed E-state index contributed by atoms with van der Waals surface area (Å²) in [5, 5.41) is 3.04. The lowest BCUT2D eigenvalue weighted by Crippen LogP contribution is -2.51. The molecule has 6 nitrogen and oxygen atoms in total. The van der Waals surface area contributed by atoms with Gasteiger partial charge in [-0.05, 0) is 24.3 Å². The first-order valence-corrected chi connectivity index (χ1v) is 8.49. The van der Waals surface area contributed by atoms with Gasteiger partial charge in [0.25, 0.3) is 5.91 Å². The van der Waals surface area contributed by atoms with E-state index in [0.29, 0.717) is 18.1 Å². The Labute approximate surface area is 151 Å². The summed E-state index contributed by atoms with van der Waals surface area (Å²) < 4.78 is 0. The Morgan fingerprint density at radius 3 is 2.48 bits per heavy atom. The molecule has 0 unspecified atom stereocenters. The molecular formula is C18H19ClN4O2. The van der Waals surface area contributed by atoms with Gasteiger partial charge in [0.05, 0.1) is 6.54 Å². The van der Waals surface area contributed by atoms with Gasteiger partial charge in [-0.2, -0.15) is 0 Å². The molecule has 2 heterocycles. The molecule has 0 bridgehead atoms. The number of pyridine rings is 1. The molecule has 2 aromatic rings. The number of aromatic nitrogens is 1. The van der Waals surface area contributed by atoms with Crippen LogP contribution in [0, 0.1) is 0 Å². The third-order valence-electron chi connectivity index (χ3n) is 4.11. The number of para-hydroxylation sites is 1. The number of carbonyl (C=O) groups is 2. The van der Waals surface area contributed by atoms with Gasteiger partial charge in [-0.25, -0.2) is 0 Å². The number of nitrogens with one attached hydrogen (secondary N) is 1. The van der Waals surface area contributed by atoms with E-state index in [4.69, 9.17) is 11.6 Å². The van der Waals surface area contributed by atoms with Crippen molar-refractivity contribution in [3.8, 4) is 0 Å². The lowest BCUT2D eigenvalue weighted by molar-refractivity contribution is -0.130. The van der Waals surface area contributed by atoms with Crippen LogP contribution in [0.5, 0.6) is 0 Å². The summed E-state index contributed by atoms with van der Waals surface area (Å²) in [4.78, 5) is 32.3. The first-order chi connectivity index (χ1) is 12.1. The van der Waals surface area contributed by atoms with Crippen molar-refractivity contribution in [3.05, 3.63) is 59.4 Å². The van der Waals surface area contributed by atoms with E-state index >= 15 is 0 Å². The minimum atomic E-state index is -0.404. The zero-order valence-electron chi connectivity index (χ0n) is 13.7. The van der Waals surface area contributed by atoms with Gasteiger partial charge in [0, 0.05) is 43.1 Å². The van der Waals surface area contributed by atoms with E-state index in [2.05, 4.69) is 27.3 Å². The second-order valence-electron chi connectivity index (χ2n) is 5.75. The summed E-state index contributed by atoms with van der Waals surface area (Å²) >= 11 is 5.84. The molecule has 130 valence electrons. The smallest absolute Gasteiger partial charge is 0.270 e. The van der Waals surface area contributed by atoms with E-state index in [1.54, 1.807) is 11.0 Å². The number of piperazine rings is 1. The summed E-state index contributed by atoms with van der Waals surface area (Å²) in [5.41, 5.74) is 1.36. The van der Waals surface area contributed by atoms with Crippen molar-refractivity contribution in [2.24, 2.45) is 0 Å². The minimum Gasteiger partial charge on any atom is -0.368 e. The maximum atomic E-state index is 12.3. The Morgan fingerprint density at radius 2 is 1.80 bits per heavy atom. The summed E-state index contributed by atoms with van der Waals surface area (Å²) in [6.45, 7) is 2.79. The molecule has 1 aliphatic rings. The number of benzene rings is 1. The first kappa shape index (κ1) is 17.2. The highest BCUT2D eigenvalue weighted by Gasteiger charge is 2.21. The zero-order valence-corrected chi connectivity index (χ0v) is 14.4. The van der Waals surface area contributed by atoms with Crippen LogP contribution in [0.3, 0.4) is 0 Å². The third kappa shape index (κ3) is 4.48. The van der Waals surface area contributed by atoms with E-state index in [1.165, 1.54) is 12.3 Å². The molecule has 1 aromatic heterocycles. The standard InChI is InChI=1S/C18H19ClN4O2/c19-14-6-7-20-16(12-14)18(25)21-13-17(24)23-10-8-22(9-11-23)15-4-2-1-3-5-15/h1-7,12H,8-11,13H2,(H,21,25). The van der Waals surface area contributed by atoms with Crippen molar-refractivity contribution in [2.75, 3.05) is 37.6 Å². The van der Waals surface area contributed by atoms with E-state index in [9.17, 15) is 9.59 Å². The van der Waals surface area contributed by atoms with Gasteiger partial charge in [-0.3, -0.25) is 14.6 Å². The van der Waals surface area contributed by atoms with E-state index in [1.807, 2.05) is 18.2 Å². The minimum absolute atomic E-state index is 0.0433. The van der Waals surface area contributed by atoms with Crippen LogP contribution < -0.4 is 10.2 Å². The average molecular weight is 359 g/mol. The highest BCUT2D eigenvalue weighted by molar-refractivity contribution is 6.30. The lowest BCUT2D eigenvalue weighted by atomic mass is 10.2. The molecule has 1 aliphatic heterocycles. The summed E-state index contributed by atoms with van der Waals surface area (Å²) in [7, 11) is 0. The molecule has 1 aromatic carbocycles. The molecule has 1 N–H and O–H groups in total. The molecule has 7 heteroatoms. The number of amides is 2. The van der Waals surface area contributed by atoms with Crippen molar-refractivity contribution >= 4 is 29.1 Å². The first-order valence-electron chi connectivity index (χ1n) is 8.11. The van der Waals surface area contributed by atoms with Crippen LogP contribution in [-0.4, -0.2) is 54.4 Å². The highest BCUT2D eigenvalue weighted by atomic mass is 35.5. The number of hydrogen-bond donors (Lipinski definition) is 1. The van der Waals surface area contributed by atoms with Gasteiger partial charge >= 0.3 is 0 Å². The van der Waals surface area contributed by atoms with Crippen LogP contribution >= 0.6 is 11.6 Å². The van der Waals surface area contributed by atoms with E-state index in [0.717, 1.165) is 18.8 Å². The zero-order chi connectivity index (χ0) is 17.6. The van der Waals surface area contributed by atoms with Gasteiger partial charge < -0.3 is 15.1 Å². The number of rotatable bonds is 4. The SMILES string of the molecule is O=C(NCC(=O)N1CCN(c2ccccc2)CC1)c1cc(Cl)ccn1. The molecule has 0 aliphatic carbocycles. The fourth-order valence-electron chi connectivity index (χ4n) is 2.74. The molecule has 25 heavy (non-hydrogen) atoms. The van der Waals surface area contributed by atoms with Gasteiger partial charge in [0.2, 0.25) is 5.91 Å². The number of carbonyl (C=O) groups excluding carboxylic acids is 2. The lowest BCUT2D eigenvalue weighted by Gasteiger charge is -2.36. The maximum absolute atomic E-state index is 12.3. The summed E-state index contributed by atoms with van der Waals surface area (Å²) in [6.07, 6.45) is 1.46. The Kier molecular flexibility index (Phi) is 5.50. The van der Waals surface area contributed by atoms with Gasteiger partial charge in [-0.15, -0.1) is 0 Å². The molecule has 1 fully saturated rings. The number of hydrogen-bond acceptors (Lipinski definition) is 4. The second kappa shape index (κ2) is 7.98. The maximum Gasteiger partial charge on any atom is 0.270 e. The van der Waals surface area contributed by atoms with Gasteiger partial charge in [0.15, 0.2) is 0 Å². The quantitative estimate of drug-likeness (QED) is 0.905. The average Bonchev–Trinajstić information content (AvgIpc) is 2.66. The Balaban J connectivity index is 1.47. The predicted molar refractivity (Wildman–Crippen MR) is 96.8 cm³/mol. The number of nitrogens with zero attached hydrogens (tertiary/aromatic N) is 3. The van der Waals surface area contributed by atoms with Crippen molar-refractivity contribution in [1.82, 2.24) is 15.2 Å². The Hall–Kier alpha value is -2.60. The third-order valence-corrected chi connectivity index (χ3v) is 4.34. The van der Waals surface area contributed by atoms with Crippen molar-refractivity contribution in [3.63, 3.8) is 0 Å². The number of anilines is 1. The largest absolute Gasteiger partial charge is 0.368 e. The molecule has 0 saturated carbocycles. The normalized spacial score (nSPS) is 14.3. The highest BCUT2D eigenvalue weighted by Crippen LogP contribution is 2.15. The number of halogens is 1. The molecule has 1 saturated heterocycles. The van der Waals surface area contributed by atoms with E-state index < -0.39 is 5.91 Å². The molecule has 3 rings (SSSR count). The second-order valence-corrected chi connectivity index (χ2v) is 6.18. The molecule has 2 amide bonds. The van der Waals surface area contributed by atoms with Crippen molar-refractivity contribution in [1.29, 1.82) is 0 Å². The molecule has 0 spiro atoms. The van der Waals surface area contributed by atoms with Crippen molar-refractivity contribution < 1.29 is 9.59 Å². The van der Waals surface area contributed by atoms with Crippen LogP contribution in [0.15, 0.2) is 48.7 Å². The van der Waals surface area contributed by atoms with Gasteiger partial charge in [0.1, 0.15) is 5.69 Å². The van der Waals surface area contributed by atoms with E-state index in [-0.39, 0.29) is 18.1 Å². The van der Waals surface area contributed by atoms with Crippen LogP contribution in [-0.2, 0) is 4.79 Å². The predicted octanol–water partition coefficient (Wildman–Crippen LogP) is 1.81. The van der Waals surface area contributed by atoms with Crippen LogP contribution in [0.1, 0.15) is 10.5 Å². The van der Waals surface area contributed by atoms with Crippen LogP contribution in [0.2, 0.25) is 5.02 Å². The molecular weight excluding hydrogens is 340 g/mol. The fraction of sp³-hybridized carbons (Fsp3) is 0.278. The molecule has 0 atom stereocenters. The summed E-state index contributed by atoms with van der Waals surface area (Å²) in [5.74, 6) is -0.498.